The van der Waals surface area contributed by atoms with E-state index in [0.29, 0.717) is 17.4 Å². The normalized spacial score (nSPS) is 15.4. The maximum absolute atomic E-state index is 11.4. The van der Waals surface area contributed by atoms with Gasteiger partial charge in [-0.3, -0.25) is 4.79 Å². The van der Waals surface area contributed by atoms with Crippen LogP contribution >= 0.6 is 0 Å². The Balaban J connectivity index is 2.39. The first-order chi connectivity index (χ1) is 8.13. The summed E-state index contributed by atoms with van der Waals surface area (Å²) < 4.78 is 0. The number of anilines is 1. The highest BCUT2D eigenvalue weighted by Crippen LogP contribution is 2.21. The van der Waals surface area contributed by atoms with Gasteiger partial charge in [0.2, 0.25) is 0 Å². The first kappa shape index (κ1) is 11.9. The van der Waals surface area contributed by atoms with Gasteiger partial charge in [0.15, 0.2) is 0 Å². The predicted molar refractivity (Wildman–Crippen MR) is 67.2 cm³/mol. The van der Waals surface area contributed by atoms with Crippen LogP contribution in [0.25, 0.3) is 0 Å². The van der Waals surface area contributed by atoms with Gasteiger partial charge in [0.05, 0.1) is 11.6 Å². The number of aromatic nitrogens is 1. The van der Waals surface area contributed by atoms with E-state index in [-0.39, 0.29) is 0 Å². The van der Waals surface area contributed by atoms with Crippen LogP contribution in [0.3, 0.4) is 0 Å². The molecule has 0 bridgehead atoms. The summed E-state index contributed by atoms with van der Waals surface area (Å²) in [4.78, 5) is 18.0. The first-order valence-electron chi connectivity index (χ1n) is 5.88. The summed E-state index contributed by atoms with van der Waals surface area (Å²) in [6.45, 7) is 6.67. The number of hydrogen-bond acceptors (Lipinski definition) is 4. The Labute approximate surface area is 101 Å². The summed E-state index contributed by atoms with van der Waals surface area (Å²) in [5.41, 5.74) is 6.80. The third-order valence-corrected chi connectivity index (χ3v) is 3.09. The van der Waals surface area contributed by atoms with Crippen molar-refractivity contribution < 1.29 is 4.79 Å². The minimum absolute atomic E-state index is 0.410. The molecule has 17 heavy (non-hydrogen) atoms. The van der Waals surface area contributed by atoms with Gasteiger partial charge in [-0.25, -0.2) is 4.98 Å². The molecule has 0 radical (unpaired) electrons. The molecule has 1 aromatic heterocycles. The average Bonchev–Trinajstić information content (AvgIpc) is 2.22. The van der Waals surface area contributed by atoms with Gasteiger partial charge in [0.1, 0.15) is 5.82 Å². The molecule has 0 saturated carbocycles. The van der Waals surface area contributed by atoms with Gasteiger partial charge < -0.3 is 16.0 Å². The molecule has 1 amide bonds. The smallest absolute Gasteiger partial charge is 0.252 e. The molecule has 1 aliphatic heterocycles. The Bertz CT molecular complexity index is 429. The molecule has 1 aromatic rings. The molecule has 1 saturated heterocycles. The van der Waals surface area contributed by atoms with Crippen LogP contribution in [-0.2, 0) is 0 Å². The fourth-order valence-electron chi connectivity index (χ4n) is 2.03. The largest absolute Gasteiger partial charge is 0.365 e. The van der Waals surface area contributed by atoms with Gasteiger partial charge in [-0.2, -0.15) is 0 Å². The molecule has 92 valence electrons. The molecule has 0 unspecified atom stereocenters. The second kappa shape index (κ2) is 4.71. The molecule has 2 rings (SSSR count). The van der Waals surface area contributed by atoms with Crippen LogP contribution in [0.15, 0.2) is 12.1 Å². The van der Waals surface area contributed by atoms with E-state index in [2.05, 4.69) is 22.1 Å². The Morgan fingerprint density at radius 1 is 1.59 bits per heavy atom. The van der Waals surface area contributed by atoms with Gasteiger partial charge >= 0.3 is 0 Å². The van der Waals surface area contributed by atoms with Crippen molar-refractivity contribution in [1.82, 2.24) is 10.3 Å². The van der Waals surface area contributed by atoms with Crippen LogP contribution in [0.1, 0.15) is 23.0 Å². The van der Waals surface area contributed by atoms with Gasteiger partial charge in [-0.05, 0) is 26.0 Å². The lowest BCUT2D eigenvalue weighted by Gasteiger charge is -2.39. The van der Waals surface area contributed by atoms with Gasteiger partial charge in [0.25, 0.3) is 5.91 Å². The molecule has 1 fully saturated rings. The number of primary amides is 1. The number of nitrogens with zero attached hydrogens (tertiary/aromatic N) is 2. The number of aryl methyl sites for hydroxylation is 1. The number of pyridine rings is 1. The van der Waals surface area contributed by atoms with E-state index >= 15 is 0 Å². The zero-order chi connectivity index (χ0) is 12.4. The maximum atomic E-state index is 11.4. The van der Waals surface area contributed by atoms with Crippen molar-refractivity contribution in [2.24, 2.45) is 5.73 Å². The molecule has 5 nitrogen and oxygen atoms in total. The number of nitrogens with two attached hydrogens (primary N) is 1. The van der Waals surface area contributed by atoms with E-state index < -0.39 is 5.91 Å². The molecule has 0 aliphatic carbocycles. The first-order valence-corrected chi connectivity index (χ1v) is 5.88. The van der Waals surface area contributed by atoms with E-state index in [1.807, 2.05) is 13.0 Å². The molecule has 1 aliphatic rings. The number of carbonyl (C=O) groups is 1. The predicted octanol–water partition coefficient (Wildman–Crippen LogP) is 0.287. The summed E-state index contributed by atoms with van der Waals surface area (Å²) in [5.74, 6) is 0.296. The van der Waals surface area contributed by atoms with Gasteiger partial charge in [0, 0.05) is 25.3 Å². The molecule has 5 heteroatoms. The standard InChI is InChI=1S/C12H18N4O/c1-3-16(9-6-14-7-9)12-10(11(13)17)5-4-8(2)15-12/h4-5,9,14H,3,6-7H2,1-2H3,(H2,13,17). The molecule has 0 atom stereocenters. The van der Waals surface area contributed by atoms with Crippen molar-refractivity contribution >= 4 is 11.7 Å². The van der Waals surface area contributed by atoms with Crippen LogP contribution in [-0.4, -0.2) is 36.6 Å². The van der Waals surface area contributed by atoms with Gasteiger partial charge in [-0.15, -0.1) is 0 Å². The number of nitrogens with one attached hydrogen (secondary N) is 1. The monoisotopic (exact) mass is 234 g/mol. The lowest BCUT2D eigenvalue weighted by atomic mass is 10.1. The number of hydrogen-bond donors (Lipinski definition) is 2. The maximum Gasteiger partial charge on any atom is 0.252 e. The Kier molecular flexibility index (Phi) is 3.28. The van der Waals surface area contributed by atoms with Crippen molar-refractivity contribution in [2.45, 2.75) is 19.9 Å². The molecule has 3 N–H and O–H groups in total. The lowest BCUT2D eigenvalue weighted by molar-refractivity contribution is 0.100. The fourth-order valence-corrected chi connectivity index (χ4v) is 2.03. The minimum atomic E-state index is -0.418. The Morgan fingerprint density at radius 3 is 2.76 bits per heavy atom. The Hall–Kier alpha value is -1.62. The van der Waals surface area contributed by atoms with E-state index in [0.717, 1.165) is 25.3 Å². The SMILES string of the molecule is CCN(c1nc(C)ccc1C(N)=O)C1CNC1. The summed E-state index contributed by atoms with van der Waals surface area (Å²) in [6, 6.07) is 3.98. The number of amides is 1. The second-order valence-corrected chi connectivity index (χ2v) is 4.29. The molecular formula is C12H18N4O. The van der Waals surface area contributed by atoms with E-state index in [1.165, 1.54) is 0 Å². The van der Waals surface area contributed by atoms with Crippen molar-refractivity contribution in [3.8, 4) is 0 Å². The van der Waals surface area contributed by atoms with E-state index in [1.54, 1.807) is 6.07 Å². The molecular weight excluding hydrogens is 216 g/mol. The minimum Gasteiger partial charge on any atom is -0.365 e. The summed E-state index contributed by atoms with van der Waals surface area (Å²) in [6.07, 6.45) is 0. The third-order valence-electron chi connectivity index (χ3n) is 3.09. The number of rotatable bonds is 4. The summed E-state index contributed by atoms with van der Waals surface area (Å²) >= 11 is 0. The molecule has 0 aromatic carbocycles. The number of likely N-dealkylation sites (N-methyl/N-ethyl adjacent to an activating group) is 1. The average molecular weight is 234 g/mol. The van der Waals surface area contributed by atoms with Crippen molar-refractivity contribution in [3.63, 3.8) is 0 Å². The van der Waals surface area contributed by atoms with Crippen molar-refractivity contribution in [3.05, 3.63) is 23.4 Å². The molecule has 0 spiro atoms. The van der Waals surface area contributed by atoms with Crippen LogP contribution in [0.2, 0.25) is 0 Å². The lowest BCUT2D eigenvalue weighted by Crippen LogP contribution is -2.58. The van der Waals surface area contributed by atoms with Crippen LogP contribution in [0.4, 0.5) is 5.82 Å². The van der Waals surface area contributed by atoms with Gasteiger partial charge in [-0.1, -0.05) is 0 Å². The van der Waals surface area contributed by atoms with Crippen molar-refractivity contribution in [1.29, 1.82) is 0 Å². The summed E-state index contributed by atoms with van der Waals surface area (Å²) in [7, 11) is 0. The Morgan fingerprint density at radius 2 is 2.29 bits per heavy atom. The van der Waals surface area contributed by atoms with E-state index in [9.17, 15) is 4.79 Å². The zero-order valence-corrected chi connectivity index (χ0v) is 10.2. The fraction of sp³-hybridized carbons (Fsp3) is 0.500. The highest BCUT2D eigenvalue weighted by atomic mass is 16.1. The van der Waals surface area contributed by atoms with Crippen LogP contribution in [0.5, 0.6) is 0 Å². The quantitative estimate of drug-likeness (QED) is 0.785. The van der Waals surface area contributed by atoms with Crippen molar-refractivity contribution in [2.75, 3.05) is 24.5 Å². The highest BCUT2D eigenvalue weighted by Gasteiger charge is 2.27. The summed E-state index contributed by atoms with van der Waals surface area (Å²) in [5, 5.41) is 3.22. The second-order valence-electron chi connectivity index (χ2n) is 4.29. The van der Waals surface area contributed by atoms with Crippen LogP contribution < -0.4 is 16.0 Å². The third kappa shape index (κ3) is 2.24. The highest BCUT2D eigenvalue weighted by molar-refractivity contribution is 5.97. The molecule has 2 heterocycles. The van der Waals surface area contributed by atoms with Crippen LogP contribution in [0, 0.1) is 6.92 Å². The zero-order valence-electron chi connectivity index (χ0n) is 10.2. The van der Waals surface area contributed by atoms with E-state index in [4.69, 9.17) is 5.73 Å². The number of carbonyl (C=O) groups excluding carboxylic acids is 1. The topological polar surface area (TPSA) is 71.2 Å².